The largest absolute Gasteiger partial charge is 0.494 e. The van der Waals surface area contributed by atoms with Crippen molar-refractivity contribution in [2.75, 3.05) is 36.9 Å². The van der Waals surface area contributed by atoms with E-state index >= 15 is 0 Å². The molecule has 1 aliphatic heterocycles. The highest BCUT2D eigenvalue weighted by atomic mass is 16.5. The van der Waals surface area contributed by atoms with Gasteiger partial charge in [-0.2, -0.15) is 0 Å². The van der Waals surface area contributed by atoms with Crippen LogP contribution in [-0.2, 0) is 4.79 Å². The highest BCUT2D eigenvalue weighted by Crippen LogP contribution is 2.18. The van der Waals surface area contributed by atoms with Crippen molar-refractivity contribution in [3.05, 3.63) is 54.1 Å². The van der Waals surface area contributed by atoms with Crippen molar-refractivity contribution in [3.63, 3.8) is 0 Å². The van der Waals surface area contributed by atoms with Crippen LogP contribution in [0.2, 0.25) is 0 Å². The van der Waals surface area contributed by atoms with Gasteiger partial charge in [0.25, 0.3) is 5.91 Å². The second kappa shape index (κ2) is 9.07. The topological polar surface area (TPSA) is 70.7 Å². The summed E-state index contributed by atoms with van der Waals surface area (Å²) in [5, 5.41) is 5.91. The summed E-state index contributed by atoms with van der Waals surface area (Å²) in [6.45, 7) is 4.32. The van der Waals surface area contributed by atoms with E-state index in [0.29, 0.717) is 17.9 Å². The molecule has 2 amide bonds. The lowest BCUT2D eigenvalue weighted by atomic mass is 10.2. The number of hydrogen-bond acceptors (Lipinski definition) is 4. The third kappa shape index (κ3) is 5.23. The SMILES string of the molecule is CCOc1cccc(NCC(=O)Nc2ccc(C(=O)N3CCCC3)cc2)c1. The van der Waals surface area contributed by atoms with E-state index in [1.807, 2.05) is 36.1 Å². The first-order valence-corrected chi connectivity index (χ1v) is 9.31. The summed E-state index contributed by atoms with van der Waals surface area (Å²) in [5.41, 5.74) is 2.14. The van der Waals surface area contributed by atoms with Gasteiger partial charge in [0.05, 0.1) is 13.2 Å². The Morgan fingerprint density at radius 3 is 2.48 bits per heavy atom. The van der Waals surface area contributed by atoms with Gasteiger partial charge in [0.1, 0.15) is 5.75 Å². The van der Waals surface area contributed by atoms with Crippen LogP contribution in [-0.4, -0.2) is 43.0 Å². The van der Waals surface area contributed by atoms with Crippen LogP contribution in [0.3, 0.4) is 0 Å². The van der Waals surface area contributed by atoms with Crippen LogP contribution in [0.15, 0.2) is 48.5 Å². The number of benzene rings is 2. The van der Waals surface area contributed by atoms with E-state index in [9.17, 15) is 9.59 Å². The number of likely N-dealkylation sites (tertiary alicyclic amines) is 1. The molecule has 1 heterocycles. The lowest BCUT2D eigenvalue weighted by Gasteiger charge is -2.15. The van der Waals surface area contributed by atoms with Gasteiger partial charge in [0, 0.05) is 36.1 Å². The fourth-order valence-electron chi connectivity index (χ4n) is 3.05. The molecule has 6 nitrogen and oxygen atoms in total. The third-order valence-corrected chi connectivity index (χ3v) is 4.41. The molecule has 0 aromatic heterocycles. The summed E-state index contributed by atoms with van der Waals surface area (Å²) in [7, 11) is 0. The molecule has 2 aromatic rings. The maximum Gasteiger partial charge on any atom is 0.253 e. The van der Waals surface area contributed by atoms with E-state index < -0.39 is 0 Å². The minimum Gasteiger partial charge on any atom is -0.494 e. The number of nitrogens with zero attached hydrogens (tertiary/aromatic N) is 1. The summed E-state index contributed by atoms with van der Waals surface area (Å²) in [6, 6.07) is 14.5. The second-order valence-electron chi connectivity index (χ2n) is 6.44. The van der Waals surface area contributed by atoms with Crippen LogP contribution < -0.4 is 15.4 Å². The zero-order valence-electron chi connectivity index (χ0n) is 15.5. The van der Waals surface area contributed by atoms with Crippen LogP contribution in [0.25, 0.3) is 0 Å². The van der Waals surface area contributed by atoms with Gasteiger partial charge in [-0.05, 0) is 56.2 Å². The molecular formula is C21H25N3O3. The molecule has 6 heteroatoms. The predicted octanol–water partition coefficient (Wildman–Crippen LogP) is 3.37. The molecule has 0 bridgehead atoms. The Labute approximate surface area is 159 Å². The number of hydrogen-bond donors (Lipinski definition) is 2. The molecule has 2 aromatic carbocycles. The molecule has 0 unspecified atom stereocenters. The monoisotopic (exact) mass is 367 g/mol. The Kier molecular flexibility index (Phi) is 6.30. The van der Waals surface area contributed by atoms with Crippen molar-refractivity contribution in [1.82, 2.24) is 4.90 Å². The van der Waals surface area contributed by atoms with Gasteiger partial charge in [-0.3, -0.25) is 9.59 Å². The number of amides is 2. The van der Waals surface area contributed by atoms with Crippen molar-refractivity contribution in [2.45, 2.75) is 19.8 Å². The smallest absolute Gasteiger partial charge is 0.253 e. The number of carbonyl (C=O) groups excluding carboxylic acids is 2. The van der Waals surface area contributed by atoms with Gasteiger partial charge in [0.15, 0.2) is 0 Å². The van der Waals surface area contributed by atoms with Crippen molar-refractivity contribution >= 4 is 23.2 Å². The van der Waals surface area contributed by atoms with Crippen LogP contribution >= 0.6 is 0 Å². The molecule has 142 valence electrons. The maximum absolute atomic E-state index is 12.3. The van der Waals surface area contributed by atoms with Gasteiger partial charge in [0.2, 0.25) is 5.91 Å². The van der Waals surface area contributed by atoms with E-state index in [2.05, 4.69) is 10.6 Å². The average molecular weight is 367 g/mol. The summed E-state index contributed by atoms with van der Waals surface area (Å²) >= 11 is 0. The van der Waals surface area contributed by atoms with Gasteiger partial charge >= 0.3 is 0 Å². The lowest BCUT2D eigenvalue weighted by molar-refractivity contribution is -0.114. The molecule has 0 spiro atoms. The Morgan fingerprint density at radius 1 is 1.04 bits per heavy atom. The van der Waals surface area contributed by atoms with Crippen molar-refractivity contribution in [2.24, 2.45) is 0 Å². The lowest BCUT2D eigenvalue weighted by Crippen LogP contribution is -2.27. The number of ether oxygens (including phenoxy) is 1. The second-order valence-corrected chi connectivity index (χ2v) is 6.44. The molecule has 3 rings (SSSR count). The fourth-order valence-corrected chi connectivity index (χ4v) is 3.05. The summed E-state index contributed by atoms with van der Waals surface area (Å²) < 4.78 is 5.44. The van der Waals surface area contributed by atoms with E-state index in [1.165, 1.54) is 0 Å². The van der Waals surface area contributed by atoms with Crippen LogP contribution in [0, 0.1) is 0 Å². The summed E-state index contributed by atoms with van der Waals surface area (Å²) in [6.07, 6.45) is 2.14. The van der Waals surface area contributed by atoms with Crippen LogP contribution in [0.4, 0.5) is 11.4 Å². The van der Waals surface area contributed by atoms with E-state index in [1.54, 1.807) is 24.3 Å². The number of anilines is 2. The van der Waals surface area contributed by atoms with Gasteiger partial charge in [-0.15, -0.1) is 0 Å². The molecule has 0 radical (unpaired) electrons. The number of nitrogens with one attached hydrogen (secondary N) is 2. The molecule has 27 heavy (non-hydrogen) atoms. The fraction of sp³-hybridized carbons (Fsp3) is 0.333. The van der Waals surface area contributed by atoms with E-state index in [0.717, 1.165) is 37.4 Å². The first-order chi connectivity index (χ1) is 13.2. The normalized spacial score (nSPS) is 13.3. The Bertz CT molecular complexity index is 784. The van der Waals surface area contributed by atoms with Gasteiger partial charge in [-0.1, -0.05) is 6.07 Å². The van der Waals surface area contributed by atoms with Crippen molar-refractivity contribution < 1.29 is 14.3 Å². The number of carbonyl (C=O) groups is 2. The minimum absolute atomic E-state index is 0.0567. The summed E-state index contributed by atoms with van der Waals surface area (Å²) in [5.74, 6) is 0.665. The molecule has 0 saturated carbocycles. The minimum atomic E-state index is -0.157. The standard InChI is InChI=1S/C21H25N3O3/c1-2-27-19-7-5-6-18(14-19)22-15-20(25)23-17-10-8-16(9-11-17)21(26)24-12-3-4-13-24/h5-11,14,22H,2-4,12-13,15H2,1H3,(H,23,25). The Hall–Kier alpha value is -3.02. The first-order valence-electron chi connectivity index (χ1n) is 9.31. The van der Waals surface area contributed by atoms with Crippen LogP contribution in [0.5, 0.6) is 5.75 Å². The molecular weight excluding hydrogens is 342 g/mol. The highest BCUT2D eigenvalue weighted by molar-refractivity contribution is 5.96. The quantitative estimate of drug-likeness (QED) is 0.787. The third-order valence-electron chi connectivity index (χ3n) is 4.41. The van der Waals surface area contributed by atoms with Crippen molar-refractivity contribution in [3.8, 4) is 5.75 Å². The van der Waals surface area contributed by atoms with Gasteiger partial charge < -0.3 is 20.3 Å². The molecule has 1 aliphatic rings. The number of rotatable bonds is 7. The average Bonchev–Trinajstić information content (AvgIpc) is 3.22. The maximum atomic E-state index is 12.3. The zero-order chi connectivity index (χ0) is 19.1. The molecule has 0 atom stereocenters. The van der Waals surface area contributed by atoms with Crippen LogP contribution in [0.1, 0.15) is 30.1 Å². The molecule has 1 saturated heterocycles. The first kappa shape index (κ1) is 18.8. The van der Waals surface area contributed by atoms with E-state index in [-0.39, 0.29) is 18.4 Å². The highest BCUT2D eigenvalue weighted by Gasteiger charge is 2.19. The van der Waals surface area contributed by atoms with Gasteiger partial charge in [-0.25, -0.2) is 0 Å². The molecule has 1 fully saturated rings. The molecule has 2 N–H and O–H groups in total. The Morgan fingerprint density at radius 2 is 1.78 bits per heavy atom. The molecule has 0 aliphatic carbocycles. The zero-order valence-corrected chi connectivity index (χ0v) is 15.5. The van der Waals surface area contributed by atoms with E-state index in [4.69, 9.17) is 4.74 Å². The van der Waals surface area contributed by atoms with Crippen molar-refractivity contribution in [1.29, 1.82) is 0 Å². The predicted molar refractivity (Wildman–Crippen MR) is 106 cm³/mol. The Balaban J connectivity index is 1.50. The summed E-state index contributed by atoms with van der Waals surface area (Å²) in [4.78, 5) is 26.3.